The Balaban J connectivity index is 3.50. The van der Waals surface area contributed by atoms with E-state index in [0.717, 1.165) is 0 Å². The molecule has 1 aromatic rings. The Morgan fingerprint density at radius 3 is 2.38 bits per heavy atom. The van der Waals surface area contributed by atoms with E-state index in [1.54, 1.807) is 6.92 Å². The summed E-state index contributed by atoms with van der Waals surface area (Å²) < 4.78 is 21.9. The molecule has 4 N–H and O–H groups in total. The molecular weight excluding hydrogens is 212 g/mol. The van der Waals surface area contributed by atoms with Crippen molar-refractivity contribution in [2.75, 3.05) is 5.73 Å². The van der Waals surface area contributed by atoms with Gasteiger partial charge < -0.3 is 5.73 Å². The van der Waals surface area contributed by atoms with Crippen LogP contribution in [0.4, 0.5) is 5.69 Å². The highest BCUT2D eigenvalue weighted by atomic mass is 35.5. The van der Waals surface area contributed by atoms with Crippen molar-refractivity contribution >= 4 is 27.3 Å². The highest BCUT2D eigenvalue weighted by Crippen LogP contribution is 2.24. The third kappa shape index (κ3) is 2.12. The number of nitrogen functional groups attached to an aromatic ring is 1. The second kappa shape index (κ2) is 3.17. The van der Waals surface area contributed by atoms with Crippen LogP contribution in [0.2, 0.25) is 5.02 Å². The molecule has 0 saturated carbocycles. The molecule has 0 atom stereocenters. The Morgan fingerprint density at radius 2 is 1.92 bits per heavy atom. The molecule has 0 aliphatic carbocycles. The van der Waals surface area contributed by atoms with Crippen LogP contribution in [-0.4, -0.2) is 8.42 Å². The molecule has 4 nitrogen and oxygen atoms in total. The van der Waals surface area contributed by atoms with Crippen molar-refractivity contribution in [2.24, 2.45) is 5.14 Å². The van der Waals surface area contributed by atoms with Gasteiger partial charge in [-0.3, -0.25) is 0 Å². The number of hydrogen-bond acceptors (Lipinski definition) is 3. The van der Waals surface area contributed by atoms with E-state index in [1.807, 2.05) is 0 Å². The van der Waals surface area contributed by atoms with Crippen molar-refractivity contribution in [1.29, 1.82) is 0 Å². The van der Waals surface area contributed by atoms with Crippen LogP contribution in [0.5, 0.6) is 0 Å². The highest BCUT2D eigenvalue weighted by molar-refractivity contribution is 7.89. The minimum Gasteiger partial charge on any atom is -0.398 e. The summed E-state index contributed by atoms with van der Waals surface area (Å²) >= 11 is 5.72. The lowest BCUT2D eigenvalue weighted by Gasteiger charge is -2.05. The standard InChI is InChI=1S/C7H9ClN2O2S/c1-4-2-7(13(10,11)12)6(9)3-5(4)8/h2-3H,9H2,1H3,(H2,10,11,12). The largest absolute Gasteiger partial charge is 0.398 e. The molecule has 0 unspecified atom stereocenters. The minimum absolute atomic E-state index is 0.0677. The predicted octanol–water partition coefficient (Wildman–Crippen LogP) is 0.878. The molecule has 13 heavy (non-hydrogen) atoms. The number of rotatable bonds is 1. The molecule has 0 fully saturated rings. The van der Waals surface area contributed by atoms with Gasteiger partial charge in [-0.2, -0.15) is 0 Å². The normalized spacial score (nSPS) is 11.6. The summed E-state index contributed by atoms with van der Waals surface area (Å²) in [5.74, 6) is 0. The number of hydrogen-bond donors (Lipinski definition) is 2. The van der Waals surface area contributed by atoms with Crippen LogP contribution in [0.25, 0.3) is 0 Å². The van der Waals surface area contributed by atoms with Gasteiger partial charge in [0.25, 0.3) is 0 Å². The molecule has 6 heteroatoms. The van der Waals surface area contributed by atoms with Crippen LogP contribution in [0, 0.1) is 6.92 Å². The lowest BCUT2D eigenvalue weighted by atomic mass is 10.2. The quantitative estimate of drug-likeness (QED) is 0.689. The van der Waals surface area contributed by atoms with Gasteiger partial charge in [0, 0.05) is 5.02 Å². The Labute approximate surface area is 81.5 Å². The molecule has 0 aromatic heterocycles. The number of halogens is 1. The van der Waals surface area contributed by atoms with Crippen molar-refractivity contribution in [3.05, 3.63) is 22.7 Å². The lowest BCUT2D eigenvalue weighted by molar-refractivity contribution is 0.598. The molecule has 0 heterocycles. The van der Waals surface area contributed by atoms with Gasteiger partial charge in [0.15, 0.2) is 0 Å². The van der Waals surface area contributed by atoms with Gasteiger partial charge in [0.2, 0.25) is 10.0 Å². The number of anilines is 1. The second-order valence-corrected chi connectivity index (χ2v) is 4.62. The van der Waals surface area contributed by atoms with E-state index in [2.05, 4.69) is 0 Å². The average Bonchev–Trinajstić information content (AvgIpc) is 1.94. The fourth-order valence-electron chi connectivity index (χ4n) is 0.917. The summed E-state index contributed by atoms with van der Waals surface area (Å²) in [6, 6.07) is 2.73. The number of primary sulfonamides is 1. The summed E-state index contributed by atoms with van der Waals surface area (Å²) in [6.45, 7) is 1.68. The summed E-state index contributed by atoms with van der Waals surface area (Å²) in [6.07, 6.45) is 0. The molecule has 0 saturated heterocycles. The minimum atomic E-state index is -3.76. The first kappa shape index (κ1) is 10.3. The van der Waals surface area contributed by atoms with Gasteiger partial charge in [-0.05, 0) is 24.6 Å². The molecule has 0 spiro atoms. The maximum atomic E-state index is 11.0. The van der Waals surface area contributed by atoms with Crippen molar-refractivity contribution in [2.45, 2.75) is 11.8 Å². The van der Waals surface area contributed by atoms with E-state index in [4.69, 9.17) is 22.5 Å². The Kier molecular flexibility index (Phi) is 2.51. The zero-order chi connectivity index (χ0) is 10.2. The third-order valence-electron chi connectivity index (χ3n) is 1.60. The fourth-order valence-corrected chi connectivity index (χ4v) is 1.82. The molecule has 72 valence electrons. The highest BCUT2D eigenvalue weighted by Gasteiger charge is 2.13. The molecule has 0 radical (unpaired) electrons. The van der Waals surface area contributed by atoms with E-state index >= 15 is 0 Å². The molecule has 0 amide bonds. The predicted molar refractivity (Wildman–Crippen MR) is 52.0 cm³/mol. The van der Waals surface area contributed by atoms with E-state index in [-0.39, 0.29) is 10.6 Å². The number of aryl methyl sites for hydroxylation is 1. The SMILES string of the molecule is Cc1cc(S(N)(=O)=O)c(N)cc1Cl. The van der Waals surface area contributed by atoms with E-state index in [1.165, 1.54) is 12.1 Å². The number of benzene rings is 1. The molecule has 1 aromatic carbocycles. The maximum Gasteiger partial charge on any atom is 0.240 e. The summed E-state index contributed by atoms with van der Waals surface area (Å²) in [7, 11) is -3.76. The zero-order valence-corrected chi connectivity index (χ0v) is 8.48. The zero-order valence-electron chi connectivity index (χ0n) is 6.91. The number of sulfonamides is 1. The van der Waals surface area contributed by atoms with Crippen LogP contribution in [0.1, 0.15) is 5.56 Å². The van der Waals surface area contributed by atoms with E-state index in [0.29, 0.717) is 10.6 Å². The van der Waals surface area contributed by atoms with Crippen molar-refractivity contribution in [3.63, 3.8) is 0 Å². The lowest BCUT2D eigenvalue weighted by Crippen LogP contribution is -2.14. The smallest absolute Gasteiger partial charge is 0.240 e. The first-order valence-corrected chi connectivity index (χ1v) is 5.33. The van der Waals surface area contributed by atoms with Gasteiger partial charge >= 0.3 is 0 Å². The number of nitrogens with two attached hydrogens (primary N) is 2. The van der Waals surface area contributed by atoms with E-state index < -0.39 is 10.0 Å². The fraction of sp³-hybridized carbons (Fsp3) is 0.143. The Bertz CT molecular complexity index is 442. The van der Waals surface area contributed by atoms with Crippen molar-refractivity contribution < 1.29 is 8.42 Å². The molecule has 0 bridgehead atoms. The topological polar surface area (TPSA) is 86.2 Å². The van der Waals surface area contributed by atoms with Crippen LogP contribution in [0.15, 0.2) is 17.0 Å². The van der Waals surface area contributed by atoms with Crippen LogP contribution in [0.3, 0.4) is 0 Å². The summed E-state index contributed by atoms with van der Waals surface area (Å²) in [5, 5.41) is 5.35. The van der Waals surface area contributed by atoms with Crippen molar-refractivity contribution in [3.8, 4) is 0 Å². The van der Waals surface area contributed by atoms with Gasteiger partial charge in [0.05, 0.1) is 5.69 Å². The molecule has 0 aliphatic rings. The van der Waals surface area contributed by atoms with Gasteiger partial charge in [-0.1, -0.05) is 11.6 Å². The summed E-state index contributed by atoms with van der Waals surface area (Å²) in [5.41, 5.74) is 6.13. The average molecular weight is 221 g/mol. The molecular formula is C7H9ClN2O2S. The molecule has 0 aliphatic heterocycles. The Hall–Kier alpha value is -0.780. The molecule has 1 rings (SSSR count). The first-order valence-electron chi connectivity index (χ1n) is 3.41. The van der Waals surface area contributed by atoms with Gasteiger partial charge in [-0.15, -0.1) is 0 Å². The Morgan fingerprint density at radius 1 is 1.38 bits per heavy atom. The van der Waals surface area contributed by atoms with Crippen LogP contribution >= 0.6 is 11.6 Å². The summed E-state index contributed by atoms with van der Waals surface area (Å²) in [4.78, 5) is -0.0885. The van der Waals surface area contributed by atoms with Gasteiger partial charge in [0.1, 0.15) is 4.90 Å². The maximum absolute atomic E-state index is 11.0. The monoisotopic (exact) mass is 220 g/mol. The van der Waals surface area contributed by atoms with E-state index in [9.17, 15) is 8.42 Å². The first-order chi connectivity index (χ1) is 5.82. The second-order valence-electron chi connectivity index (χ2n) is 2.68. The van der Waals surface area contributed by atoms with Crippen molar-refractivity contribution in [1.82, 2.24) is 0 Å². The van der Waals surface area contributed by atoms with Crippen LogP contribution < -0.4 is 10.9 Å². The van der Waals surface area contributed by atoms with Gasteiger partial charge in [-0.25, -0.2) is 13.6 Å². The van der Waals surface area contributed by atoms with Crippen LogP contribution in [-0.2, 0) is 10.0 Å². The third-order valence-corrected chi connectivity index (χ3v) is 2.97.